The molecule has 0 bridgehead atoms. The van der Waals surface area contributed by atoms with Gasteiger partial charge in [0.1, 0.15) is 11.4 Å². The van der Waals surface area contributed by atoms with Gasteiger partial charge in [0.05, 0.1) is 11.7 Å². The van der Waals surface area contributed by atoms with Crippen molar-refractivity contribution >= 4 is 22.9 Å². The van der Waals surface area contributed by atoms with Gasteiger partial charge in [-0.05, 0) is 59.0 Å². The molecule has 1 aromatic heterocycles. The molecule has 0 amide bonds. The van der Waals surface area contributed by atoms with Gasteiger partial charge in [-0.2, -0.15) is 0 Å². The predicted octanol–water partition coefficient (Wildman–Crippen LogP) is 9.25. The topological polar surface area (TPSA) is 15.6 Å². The zero-order chi connectivity index (χ0) is 26.0. The monoisotopic (exact) mass is 518 g/mol. The van der Waals surface area contributed by atoms with Gasteiger partial charge in [0.15, 0.2) is 0 Å². The molecule has 4 aromatic carbocycles. The van der Waals surface area contributed by atoms with Crippen LogP contribution in [0.3, 0.4) is 0 Å². The molecule has 2 nitrogen and oxygen atoms in total. The molecule has 1 aliphatic carbocycles. The number of hydrogen-bond donors (Lipinski definition) is 0. The summed E-state index contributed by atoms with van der Waals surface area (Å²) < 4.78 is 0. The molecule has 0 saturated heterocycles. The molecule has 1 unspecified atom stereocenters. The van der Waals surface area contributed by atoms with Gasteiger partial charge >= 0.3 is 0 Å². The zero-order valence-corrected chi connectivity index (χ0v) is 22.4. The number of allylic oxidation sites excluding steroid dienone is 2. The van der Waals surface area contributed by atoms with Crippen LogP contribution in [-0.2, 0) is 0 Å². The Morgan fingerprint density at radius 3 is 2.15 bits per heavy atom. The van der Waals surface area contributed by atoms with E-state index >= 15 is 0 Å². The summed E-state index contributed by atoms with van der Waals surface area (Å²) in [6.45, 7) is 2.23. The summed E-state index contributed by atoms with van der Waals surface area (Å²) in [5.41, 5.74) is 9.67. The lowest BCUT2D eigenvalue weighted by molar-refractivity contribution is 0.550. The number of nitrogens with zero attached hydrogens (tertiary/aromatic N) is 2. The molecule has 0 radical (unpaired) electrons. The van der Waals surface area contributed by atoms with E-state index < -0.39 is 0 Å². The number of anilines is 1. The summed E-state index contributed by atoms with van der Waals surface area (Å²) in [6.07, 6.45) is 8.79. The van der Waals surface area contributed by atoms with Gasteiger partial charge in [-0.15, -0.1) is 11.3 Å². The summed E-state index contributed by atoms with van der Waals surface area (Å²) in [4.78, 5) is 10.3. The van der Waals surface area contributed by atoms with Crippen molar-refractivity contribution < 1.29 is 0 Å². The largest absolute Gasteiger partial charge is 0.316 e. The maximum atomic E-state index is 5.28. The summed E-state index contributed by atoms with van der Waals surface area (Å²) in [5.74, 6) is 1.07. The van der Waals surface area contributed by atoms with E-state index in [0.29, 0.717) is 0 Å². The fourth-order valence-corrected chi connectivity index (χ4v) is 7.18. The van der Waals surface area contributed by atoms with Crippen LogP contribution < -0.4 is 4.90 Å². The van der Waals surface area contributed by atoms with Crippen LogP contribution in [0, 0.1) is 0 Å². The van der Waals surface area contributed by atoms with E-state index in [0.717, 1.165) is 5.84 Å². The lowest BCUT2D eigenvalue weighted by atomic mass is 9.86. The molecule has 3 heterocycles. The van der Waals surface area contributed by atoms with Crippen molar-refractivity contribution in [2.45, 2.75) is 18.5 Å². The van der Waals surface area contributed by atoms with Gasteiger partial charge in [-0.1, -0.05) is 109 Å². The van der Waals surface area contributed by atoms with Crippen LogP contribution in [0.4, 0.5) is 5.69 Å². The number of rotatable bonds is 3. The Bertz CT molecular complexity index is 1820. The van der Waals surface area contributed by atoms with Crippen molar-refractivity contribution in [3.05, 3.63) is 139 Å². The Morgan fingerprint density at radius 2 is 1.33 bits per heavy atom. The first kappa shape index (κ1) is 22.5. The van der Waals surface area contributed by atoms with Crippen molar-refractivity contribution in [1.29, 1.82) is 0 Å². The third-order valence-corrected chi connectivity index (χ3v) is 9.35. The number of thiophene rings is 1. The van der Waals surface area contributed by atoms with Crippen molar-refractivity contribution in [2.75, 3.05) is 4.90 Å². The second kappa shape index (κ2) is 8.52. The first-order chi connectivity index (χ1) is 19.2. The standard InChI is InChI=1S/C36H26N2S/c1-36-22-8-7-13-34(36)38-31-12-6-5-11-28(31)30-23-27(18-19-29(30)35(38)37-36)24-14-16-26(17-15-24)33-21-20-32(39-33)25-9-3-2-4-10-25/h2-23,34H,1H3/t34?,36-/m0/s1. The SMILES string of the molecule is C[C@]12C=CC=CC1N1C(=N2)c2ccc(-c3ccc(-c4ccc(-c5ccccc5)s4)cc3)cc2-c2ccccc21. The number of fused-ring (bicyclic) bond motifs is 8. The van der Waals surface area contributed by atoms with Crippen LogP contribution >= 0.6 is 11.3 Å². The molecule has 0 fully saturated rings. The number of amidine groups is 1. The van der Waals surface area contributed by atoms with E-state index in [-0.39, 0.29) is 11.6 Å². The van der Waals surface area contributed by atoms with E-state index in [9.17, 15) is 0 Å². The van der Waals surface area contributed by atoms with Crippen molar-refractivity contribution in [3.63, 3.8) is 0 Å². The quantitative estimate of drug-likeness (QED) is 0.232. The van der Waals surface area contributed by atoms with E-state index in [4.69, 9.17) is 4.99 Å². The van der Waals surface area contributed by atoms with Crippen LogP contribution in [-0.4, -0.2) is 17.4 Å². The Hall–Kier alpha value is -4.47. The fraction of sp³-hybridized carbons (Fsp3) is 0.0833. The van der Waals surface area contributed by atoms with Crippen molar-refractivity contribution in [2.24, 2.45) is 4.99 Å². The lowest BCUT2D eigenvalue weighted by Gasteiger charge is -2.37. The molecule has 8 rings (SSSR count). The zero-order valence-electron chi connectivity index (χ0n) is 21.6. The molecule has 186 valence electrons. The van der Waals surface area contributed by atoms with E-state index in [2.05, 4.69) is 145 Å². The highest BCUT2D eigenvalue weighted by atomic mass is 32.1. The number of aliphatic imine (C=N–C) groups is 1. The summed E-state index contributed by atoms with van der Waals surface area (Å²) in [7, 11) is 0. The van der Waals surface area contributed by atoms with Crippen molar-refractivity contribution in [1.82, 2.24) is 0 Å². The molecule has 3 aliphatic rings. The van der Waals surface area contributed by atoms with E-state index in [1.54, 1.807) is 0 Å². The summed E-state index contributed by atoms with van der Waals surface area (Å²) >= 11 is 1.84. The molecule has 0 N–H and O–H groups in total. The Morgan fingerprint density at radius 1 is 0.641 bits per heavy atom. The van der Waals surface area contributed by atoms with Crippen LogP contribution in [0.25, 0.3) is 43.1 Å². The van der Waals surface area contributed by atoms with Crippen LogP contribution in [0.2, 0.25) is 0 Å². The van der Waals surface area contributed by atoms with Gasteiger partial charge in [-0.25, -0.2) is 0 Å². The summed E-state index contributed by atoms with van der Waals surface area (Å²) in [6, 6.07) is 39.8. The smallest absolute Gasteiger partial charge is 0.137 e. The minimum Gasteiger partial charge on any atom is -0.316 e. The summed E-state index contributed by atoms with van der Waals surface area (Å²) in [5, 5.41) is 0. The maximum absolute atomic E-state index is 5.28. The predicted molar refractivity (Wildman–Crippen MR) is 166 cm³/mol. The first-order valence-corrected chi connectivity index (χ1v) is 14.2. The van der Waals surface area contributed by atoms with Gasteiger partial charge in [-0.3, -0.25) is 4.99 Å². The molecule has 0 saturated carbocycles. The van der Waals surface area contributed by atoms with E-state index in [1.165, 1.54) is 54.4 Å². The molecular formula is C36H26N2S. The molecule has 0 spiro atoms. The minimum absolute atomic E-state index is 0.193. The first-order valence-electron chi connectivity index (χ1n) is 13.4. The maximum Gasteiger partial charge on any atom is 0.137 e. The highest BCUT2D eigenvalue weighted by Gasteiger charge is 2.46. The highest BCUT2D eigenvalue weighted by Crippen LogP contribution is 2.48. The lowest BCUT2D eigenvalue weighted by Crippen LogP contribution is -2.45. The Labute approximate surface area is 232 Å². The van der Waals surface area contributed by atoms with Gasteiger partial charge in [0.25, 0.3) is 0 Å². The molecule has 39 heavy (non-hydrogen) atoms. The molecule has 3 heteroatoms. The Balaban J connectivity index is 1.17. The molecule has 2 atom stereocenters. The minimum atomic E-state index is -0.254. The van der Waals surface area contributed by atoms with Crippen molar-refractivity contribution in [3.8, 4) is 43.1 Å². The van der Waals surface area contributed by atoms with Crippen LogP contribution in [0.5, 0.6) is 0 Å². The third-order valence-electron chi connectivity index (χ3n) is 8.17. The van der Waals surface area contributed by atoms with E-state index in [1.807, 2.05) is 11.3 Å². The fourth-order valence-electron chi connectivity index (χ4n) is 6.16. The van der Waals surface area contributed by atoms with Crippen LogP contribution in [0.1, 0.15) is 12.5 Å². The average Bonchev–Trinajstić information content (AvgIpc) is 3.61. The highest BCUT2D eigenvalue weighted by molar-refractivity contribution is 7.18. The second-order valence-corrected chi connectivity index (χ2v) is 11.7. The van der Waals surface area contributed by atoms with Gasteiger partial charge in [0, 0.05) is 20.9 Å². The molecular weight excluding hydrogens is 492 g/mol. The molecule has 5 aromatic rings. The molecule has 2 aliphatic heterocycles. The van der Waals surface area contributed by atoms with Crippen LogP contribution in [0.15, 0.2) is 138 Å². The number of hydrogen-bond acceptors (Lipinski definition) is 3. The number of benzene rings is 4. The second-order valence-electron chi connectivity index (χ2n) is 10.6. The Kier molecular flexibility index (Phi) is 4.92. The third kappa shape index (κ3) is 3.50. The number of para-hydroxylation sites is 1. The van der Waals surface area contributed by atoms with Gasteiger partial charge < -0.3 is 4.90 Å². The van der Waals surface area contributed by atoms with Gasteiger partial charge in [0.2, 0.25) is 0 Å². The normalized spacial score (nSPS) is 20.2. The average molecular weight is 519 g/mol.